The second-order valence-electron chi connectivity index (χ2n) is 1.78. The zero-order valence-electron chi connectivity index (χ0n) is 9.01. The molecule has 0 unspecified atom stereocenters. The van der Waals surface area contributed by atoms with Crippen molar-refractivity contribution in [3.63, 3.8) is 0 Å². The molecule has 15 heavy (non-hydrogen) atoms. The van der Waals surface area contributed by atoms with Crippen molar-refractivity contribution in [3.05, 3.63) is 24.3 Å². The van der Waals surface area contributed by atoms with Crippen molar-refractivity contribution in [3.8, 4) is 11.5 Å². The van der Waals surface area contributed by atoms with Crippen LogP contribution in [-0.4, -0.2) is 17.5 Å². The minimum Gasteiger partial charge on any atom is -0.907 e. The summed E-state index contributed by atoms with van der Waals surface area (Å²) in [5.41, 5.74) is 0. The maximum Gasteiger partial charge on any atom is 1.00 e. The quantitative estimate of drug-likeness (QED) is 0.363. The van der Waals surface area contributed by atoms with Crippen LogP contribution in [0.2, 0.25) is 0 Å². The molecule has 0 amide bonds. The minimum atomic E-state index is -2.92. The number of hydrogen-bond acceptors (Lipinski definition) is 5. The Bertz CT molecular complexity index is 214. The van der Waals surface area contributed by atoms with Crippen molar-refractivity contribution in [2.24, 2.45) is 0 Å². The molecule has 1 aromatic carbocycles. The van der Waals surface area contributed by atoms with E-state index in [9.17, 15) is 0 Å². The summed E-state index contributed by atoms with van der Waals surface area (Å²) in [7, 11) is -2.92. The standard InChI is InChI=1S/C6H6O2.BO3.3K/c7-5-3-1-2-4-6(5)8;2-1(3)4;;;/h1-4,7-8H;;;;/q;-3;3*+1. The van der Waals surface area contributed by atoms with E-state index < -0.39 is 7.32 Å². The van der Waals surface area contributed by atoms with Gasteiger partial charge >= 0.3 is 154 Å². The molecule has 0 atom stereocenters. The number of para-hydroxylation sites is 2. The summed E-state index contributed by atoms with van der Waals surface area (Å²) >= 11 is 0. The Balaban J connectivity index is -0.0000000779. The molecule has 5 nitrogen and oxygen atoms in total. The second kappa shape index (κ2) is 17.7. The fourth-order valence-corrected chi connectivity index (χ4v) is 0.464. The third-order valence-electron chi connectivity index (χ3n) is 0.882. The van der Waals surface area contributed by atoms with Crippen LogP contribution < -0.4 is 169 Å². The van der Waals surface area contributed by atoms with Gasteiger partial charge in [-0.2, -0.15) is 0 Å². The van der Waals surface area contributed by atoms with Gasteiger partial charge < -0.3 is 25.3 Å². The minimum absolute atomic E-state index is 0. The van der Waals surface area contributed by atoms with Crippen LogP contribution in [-0.2, 0) is 0 Å². The van der Waals surface area contributed by atoms with E-state index in [2.05, 4.69) is 0 Å². The summed E-state index contributed by atoms with van der Waals surface area (Å²) in [5, 5.41) is 42.6. The predicted octanol–water partition coefficient (Wildman–Crippen LogP) is -11.8. The Kier molecular flexibility index (Phi) is 31.9. The van der Waals surface area contributed by atoms with Gasteiger partial charge in [0.25, 0.3) is 0 Å². The molecule has 0 heterocycles. The van der Waals surface area contributed by atoms with Gasteiger partial charge in [-0.05, 0) is 12.1 Å². The number of benzene rings is 1. The third kappa shape index (κ3) is 20.2. The van der Waals surface area contributed by atoms with Crippen molar-refractivity contribution >= 4 is 7.32 Å². The number of rotatable bonds is 0. The fourth-order valence-electron chi connectivity index (χ4n) is 0.464. The topological polar surface area (TPSA) is 110 Å². The summed E-state index contributed by atoms with van der Waals surface area (Å²) in [6, 6.07) is 6.15. The number of phenolic OH excluding ortho intramolecular Hbond substituents is 2. The van der Waals surface area contributed by atoms with Crippen molar-refractivity contribution in [2.45, 2.75) is 0 Å². The van der Waals surface area contributed by atoms with Gasteiger partial charge in [-0.25, -0.2) is 0 Å². The third-order valence-corrected chi connectivity index (χ3v) is 0.882. The smallest absolute Gasteiger partial charge is 0.907 e. The van der Waals surface area contributed by atoms with E-state index in [0.717, 1.165) is 0 Å². The second-order valence-corrected chi connectivity index (χ2v) is 1.78. The van der Waals surface area contributed by atoms with Gasteiger partial charge in [-0.1, -0.05) is 12.1 Å². The molecule has 0 saturated carbocycles. The van der Waals surface area contributed by atoms with Crippen LogP contribution in [0.1, 0.15) is 0 Å². The average Bonchev–Trinajstić information content (AvgIpc) is 1.94. The molecule has 0 aliphatic carbocycles. The molecule has 0 bridgehead atoms. The molecule has 1 aromatic rings. The van der Waals surface area contributed by atoms with E-state index in [1.165, 1.54) is 12.1 Å². The van der Waals surface area contributed by atoms with Gasteiger partial charge in [0.05, 0.1) is 0 Å². The van der Waals surface area contributed by atoms with Gasteiger partial charge in [0, 0.05) is 0 Å². The van der Waals surface area contributed by atoms with Gasteiger partial charge in [0.15, 0.2) is 11.5 Å². The van der Waals surface area contributed by atoms with Crippen LogP contribution in [0.3, 0.4) is 0 Å². The van der Waals surface area contributed by atoms with Gasteiger partial charge in [-0.3, -0.25) is 7.32 Å². The maximum absolute atomic E-state index is 8.67. The molecule has 9 heteroatoms. The number of hydrogen-bond donors (Lipinski definition) is 2. The van der Waals surface area contributed by atoms with Crippen LogP contribution in [0.25, 0.3) is 0 Å². The average molecular weight is 286 g/mol. The van der Waals surface area contributed by atoms with E-state index in [0.29, 0.717) is 0 Å². The molecule has 2 N–H and O–H groups in total. The largest absolute Gasteiger partial charge is 1.00 e. The summed E-state index contributed by atoms with van der Waals surface area (Å²) in [6.07, 6.45) is 0. The first kappa shape index (κ1) is 27.1. The van der Waals surface area contributed by atoms with Gasteiger partial charge in [0.1, 0.15) is 0 Å². The van der Waals surface area contributed by atoms with Crippen LogP contribution in [0, 0.1) is 0 Å². The first-order valence-electron chi connectivity index (χ1n) is 2.98. The Morgan fingerprint density at radius 1 is 0.800 bits per heavy atom. The van der Waals surface area contributed by atoms with Crippen molar-refractivity contribution in [2.75, 3.05) is 0 Å². The maximum atomic E-state index is 8.67. The molecule has 0 fully saturated rings. The van der Waals surface area contributed by atoms with E-state index >= 15 is 0 Å². The normalized spacial score (nSPS) is 6.60. The molecule has 0 aliphatic heterocycles. The van der Waals surface area contributed by atoms with Crippen LogP contribution in [0.5, 0.6) is 11.5 Å². The SMILES string of the molecule is Oc1ccccc1O.[K+].[K+].[K+].[O-]B([O-])[O-]. The Labute approximate surface area is 216 Å². The first-order chi connectivity index (χ1) is 5.54. The van der Waals surface area contributed by atoms with Crippen molar-refractivity contribution in [1.29, 1.82) is 0 Å². The van der Waals surface area contributed by atoms with Gasteiger partial charge in [0.2, 0.25) is 0 Å². The molecule has 1 rings (SSSR count). The van der Waals surface area contributed by atoms with E-state index in [1.54, 1.807) is 12.1 Å². The van der Waals surface area contributed by atoms with Crippen molar-refractivity contribution in [1.82, 2.24) is 0 Å². The van der Waals surface area contributed by atoms with Gasteiger partial charge in [-0.15, -0.1) is 0 Å². The van der Waals surface area contributed by atoms with Crippen LogP contribution in [0.15, 0.2) is 24.3 Å². The van der Waals surface area contributed by atoms with E-state index in [1.807, 2.05) is 0 Å². The van der Waals surface area contributed by atoms with E-state index in [4.69, 9.17) is 25.3 Å². The molecule has 0 saturated heterocycles. The fraction of sp³-hybridized carbons (Fsp3) is 0. The molecule has 0 aromatic heterocycles. The molecule has 0 radical (unpaired) electrons. The molecule has 66 valence electrons. The molecule has 0 aliphatic rings. The summed E-state index contributed by atoms with van der Waals surface area (Å²) in [6.45, 7) is 0. The van der Waals surface area contributed by atoms with E-state index in [-0.39, 0.29) is 166 Å². The Morgan fingerprint density at radius 3 is 1.13 bits per heavy atom. The van der Waals surface area contributed by atoms with Crippen LogP contribution >= 0.6 is 0 Å². The van der Waals surface area contributed by atoms with Crippen LogP contribution in [0.4, 0.5) is 0 Å². The summed E-state index contributed by atoms with van der Waals surface area (Å²) < 4.78 is 0. The number of phenols is 2. The summed E-state index contributed by atoms with van der Waals surface area (Å²) in [4.78, 5) is 0. The molecular formula is C6H6BK3O5. The molecular weight excluding hydrogens is 280 g/mol. The number of aromatic hydroxyl groups is 2. The molecule has 0 spiro atoms. The first-order valence-corrected chi connectivity index (χ1v) is 2.98. The van der Waals surface area contributed by atoms with Crippen molar-refractivity contribution < 1.29 is 179 Å². The predicted molar refractivity (Wildman–Crippen MR) is 35.5 cm³/mol. The Morgan fingerprint density at radius 2 is 1.00 bits per heavy atom. The Hall–Kier alpha value is 3.67. The summed E-state index contributed by atoms with van der Waals surface area (Å²) in [5.74, 6) is -0.153. The zero-order valence-corrected chi connectivity index (χ0v) is 18.4. The monoisotopic (exact) mass is 286 g/mol. The zero-order chi connectivity index (χ0) is 9.56.